The van der Waals surface area contributed by atoms with Gasteiger partial charge in [0.25, 0.3) is 0 Å². The maximum atomic E-state index is 9.89. The highest BCUT2D eigenvalue weighted by atomic mass is 16.3. The highest BCUT2D eigenvalue weighted by molar-refractivity contribution is 5.07. The van der Waals surface area contributed by atoms with Crippen LogP contribution in [0.2, 0.25) is 0 Å². The fourth-order valence-corrected chi connectivity index (χ4v) is 2.37. The maximum Gasteiger partial charge on any atom is 0.0944 e. The van der Waals surface area contributed by atoms with Gasteiger partial charge in [0, 0.05) is 25.4 Å². The van der Waals surface area contributed by atoms with Crippen molar-refractivity contribution in [2.45, 2.75) is 31.8 Å². The predicted octanol–water partition coefficient (Wildman–Crippen LogP) is 1.23. The van der Waals surface area contributed by atoms with Crippen LogP contribution in [-0.4, -0.2) is 28.0 Å². The molecule has 2 N–H and O–H groups in total. The van der Waals surface area contributed by atoms with Gasteiger partial charge in [-0.3, -0.25) is 4.68 Å². The number of aliphatic hydroxyl groups is 1. The Hall–Kier alpha value is -0.870. The molecule has 1 aromatic rings. The van der Waals surface area contributed by atoms with Gasteiger partial charge in [-0.15, -0.1) is 0 Å². The van der Waals surface area contributed by atoms with Gasteiger partial charge in [0.15, 0.2) is 0 Å². The maximum absolute atomic E-state index is 9.89. The molecule has 0 radical (unpaired) electrons. The smallest absolute Gasteiger partial charge is 0.0944 e. The molecular weight excluding hydrogens is 202 g/mol. The molecule has 0 aromatic carbocycles. The zero-order valence-corrected chi connectivity index (χ0v) is 9.89. The molecule has 16 heavy (non-hydrogen) atoms. The standard InChI is InChI=1S/C12H21N3O/c1-15-9-11(7-14-15)12(16)8-13-6-10-4-2-3-5-10/h7,9-10,12-13,16H,2-6,8H2,1H3. The lowest BCUT2D eigenvalue weighted by Gasteiger charge is -2.13. The molecule has 0 saturated heterocycles. The lowest BCUT2D eigenvalue weighted by molar-refractivity contribution is 0.172. The summed E-state index contributed by atoms with van der Waals surface area (Å²) < 4.78 is 1.72. The zero-order chi connectivity index (χ0) is 11.4. The topological polar surface area (TPSA) is 50.1 Å². The van der Waals surface area contributed by atoms with Crippen LogP contribution < -0.4 is 5.32 Å². The first-order valence-electron chi connectivity index (χ1n) is 6.13. The average molecular weight is 223 g/mol. The Morgan fingerprint density at radius 2 is 2.31 bits per heavy atom. The van der Waals surface area contributed by atoms with Gasteiger partial charge in [-0.25, -0.2) is 0 Å². The van der Waals surface area contributed by atoms with Crippen LogP contribution in [-0.2, 0) is 7.05 Å². The summed E-state index contributed by atoms with van der Waals surface area (Å²) in [6.07, 6.45) is 8.58. The zero-order valence-electron chi connectivity index (χ0n) is 9.89. The highest BCUT2D eigenvalue weighted by Crippen LogP contribution is 2.23. The van der Waals surface area contributed by atoms with Gasteiger partial charge in [-0.2, -0.15) is 5.10 Å². The summed E-state index contributed by atoms with van der Waals surface area (Å²) in [5, 5.41) is 17.3. The molecule has 0 amide bonds. The predicted molar refractivity (Wildman–Crippen MR) is 63.0 cm³/mol. The number of nitrogens with zero attached hydrogens (tertiary/aromatic N) is 2. The van der Waals surface area contributed by atoms with Crippen LogP contribution in [0.4, 0.5) is 0 Å². The second-order valence-corrected chi connectivity index (χ2v) is 4.77. The van der Waals surface area contributed by atoms with Crippen molar-refractivity contribution in [3.8, 4) is 0 Å². The van der Waals surface area contributed by atoms with Crippen LogP contribution in [0.3, 0.4) is 0 Å². The van der Waals surface area contributed by atoms with E-state index in [1.807, 2.05) is 13.2 Å². The Morgan fingerprint density at radius 1 is 1.56 bits per heavy atom. The largest absolute Gasteiger partial charge is 0.387 e. The van der Waals surface area contributed by atoms with Crippen LogP contribution in [0.15, 0.2) is 12.4 Å². The van der Waals surface area contributed by atoms with Crippen molar-refractivity contribution in [1.82, 2.24) is 15.1 Å². The third kappa shape index (κ3) is 3.06. The summed E-state index contributed by atoms with van der Waals surface area (Å²) in [5.74, 6) is 0.820. The lowest BCUT2D eigenvalue weighted by Crippen LogP contribution is -2.26. The quantitative estimate of drug-likeness (QED) is 0.789. The fraction of sp³-hybridized carbons (Fsp3) is 0.750. The van der Waals surface area contributed by atoms with Crippen LogP contribution in [0, 0.1) is 5.92 Å². The van der Waals surface area contributed by atoms with E-state index in [4.69, 9.17) is 0 Å². The molecule has 4 nitrogen and oxygen atoms in total. The fourth-order valence-electron chi connectivity index (χ4n) is 2.37. The highest BCUT2D eigenvalue weighted by Gasteiger charge is 2.15. The lowest BCUT2D eigenvalue weighted by atomic mass is 10.1. The second kappa shape index (κ2) is 5.46. The first-order chi connectivity index (χ1) is 7.75. The van der Waals surface area contributed by atoms with E-state index in [0.717, 1.165) is 18.0 Å². The number of hydrogen-bond acceptors (Lipinski definition) is 3. The van der Waals surface area contributed by atoms with E-state index in [9.17, 15) is 5.11 Å². The van der Waals surface area contributed by atoms with E-state index in [2.05, 4.69) is 10.4 Å². The van der Waals surface area contributed by atoms with Crippen molar-refractivity contribution in [1.29, 1.82) is 0 Å². The van der Waals surface area contributed by atoms with E-state index in [-0.39, 0.29) is 0 Å². The number of aliphatic hydroxyl groups excluding tert-OH is 1. The molecular formula is C12H21N3O. The molecule has 4 heteroatoms. The molecule has 1 aromatic heterocycles. The average Bonchev–Trinajstić information content (AvgIpc) is 2.89. The van der Waals surface area contributed by atoms with Crippen molar-refractivity contribution in [2.24, 2.45) is 13.0 Å². The minimum Gasteiger partial charge on any atom is -0.387 e. The number of aromatic nitrogens is 2. The number of rotatable bonds is 5. The summed E-state index contributed by atoms with van der Waals surface area (Å²) in [6.45, 7) is 1.67. The van der Waals surface area contributed by atoms with Crippen molar-refractivity contribution in [3.63, 3.8) is 0 Å². The van der Waals surface area contributed by atoms with Gasteiger partial charge in [0.1, 0.15) is 0 Å². The van der Waals surface area contributed by atoms with Crippen LogP contribution in [0.25, 0.3) is 0 Å². The molecule has 1 aliphatic carbocycles. The number of nitrogens with one attached hydrogen (secondary N) is 1. The van der Waals surface area contributed by atoms with Crippen molar-refractivity contribution in [2.75, 3.05) is 13.1 Å². The Balaban J connectivity index is 1.69. The Labute approximate surface area is 96.7 Å². The molecule has 1 unspecified atom stereocenters. The molecule has 1 fully saturated rings. The van der Waals surface area contributed by atoms with Gasteiger partial charge < -0.3 is 10.4 Å². The summed E-state index contributed by atoms with van der Waals surface area (Å²) >= 11 is 0. The summed E-state index contributed by atoms with van der Waals surface area (Å²) in [6, 6.07) is 0. The second-order valence-electron chi connectivity index (χ2n) is 4.77. The summed E-state index contributed by atoms with van der Waals surface area (Å²) in [4.78, 5) is 0. The van der Waals surface area contributed by atoms with Crippen LogP contribution in [0.5, 0.6) is 0 Å². The van der Waals surface area contributed by atoms with E-state index in [1.165, 1.54) is 25.7 Å². The molecule has 1 atom stereocenters. The molecule has 90 valence electrons. The van der Waals surface area contributed by atoms with E-state index < -0.39 is 6.10 Å². The van der Waals surface area contributed by atoms with E-state index >= 15 is 0 Å². The Morgan fingerprint density at radius 3 is 2.94 bits per heavy atom. The van der Waals surface area contributed by atoms with Crippen LogP contribution in [0.1, 0.15) is 37.4 Å². The third-order valence-electron chi connectivity index (χ3n) is 3.36. The van der Waals surface area contributed by atoms with Gasteiger partial charge in [-0.05, 0) is 25.3 Å². The van der Waals surface area contributed by atoms with E-state index in [0.29, 0.717) is 6.54 Å². The first kappa shape index (κ1) is 11.6. The molecule has 1 aliphatic rings. The number of hydrogen-bond donors (Lipinski definition) is 2. The molecule has 1 heterocycles. The van der Waals surface area contributed by atoms with Crippen LogP contribution >= 0.6 is 0 Å². The molecule has 1 saturated carbocycles. The van der Waals surface area contributed by atoms with Crippen molar-refractivity contribution < 1.29 is 5.11 Å². The van der Waals surface area contributed by atoms with Gasteiger partial charge >= 0.3 is 0 Å². The summed E-state index contributed by atoms with van der Waals surface area (Å²) in [5.41, 5.74) is 0.890. The number of aryl methyl sites for hydroxylation is 1. The summed E-state index contributed by atoms with van der Waals surface area (Å²) in [7, 11) is 1.86. The van der Waals surface area contributed by atoms with Gasteiger partial charge in [0.2, 0.25) is 0 Å². The third-order valence-corrected chi connectivity index (χ3v) is 3.36. The van der Waals surface area contributed by atoms with Crippen molar-refractivity contribution >= 4 is 0 Å². The SMILES string of the molecule is Cn1cc(C(O)CNCC2CCCC2)cn1. The molecule has 2 rings (SSSR count). The molecule has 0 spiro atoms. The van der Waals surface area contributed by atoms with Gasteiger partial charge in [0.05, 0.1) is 12.3 Å². The van der Waals surface area contributed by atoms with Crippen molar-refractivity contribution in [3.05, 3.63) is 18.0 Å². The minimum absolute atomic E-state index is 0.435. The minimum atomic E-state index is -0.435. The molecule has 0 bridgehead atoms. The molecule has 0 aliphatic heterocycles. The first-order valence-corrected chi connectivity index (χ1v) is 6.13. The normalized spacial score (nSPS) is 19.1. The van der Waals surface area contributed by atoms with Gasteiger partial charge in [-0.1, -0.05) is 12.8 Å². The Bertz CT molecular complexity index is 318. The monoisotopic (exact) mass is 223 g/mol. The van der Waals surface area contributed by atoms with E-state index in [1.54, 1.807) is 10.9 Å². The Kier molecular flexibility index (Phi) is 3.96.